The van der Waals surface area contributed by atoms with E-state index >= 15 is 0 Å². The van der Waals surface area contributed by atoms with Crippen molar-refractivity contribution in [2.45, 2.75) is 56.1 Å². The van der Waals surface area contributed by atoms with Crippen LogP contribution in [-0.4, -0.2) is 26.0 Å². The van der Waals surface area contributed by atoms with Gasteiger partial charge in [0.2, 0.25) is 0 Å². The highest BCUT2D eigenvalue weighted by molar-refractivity contribution is 7.92. The van der Waals surface area contributed by atoms with Crippen LogP contribution in [0.25, 0.3) is 0 Å². The van der Waals surface area contributed by atoms with E-state index in [0.717, 1.165) is 5.56 Å². The summed E-state index contributed by atoms with van der Waals surface area (Å²) in [6.45, 7) is 5.90. The second kappa shape index (κ2) is 5.86. The van der Waals surface area contributed by atoms with E-state index in [9.17, 15) is 8.42 Å². The van der Waals surface area contributed by atoms with E-state index in [2.05, 4.69) is 24.4 Å². The number of hydrogen-bond acceptors (Lipinski definition) is 3. The summed E-state index contributed by atoms with van der Waals surface area (Å²) < 4.78 is 25.6. The zero-order valence-corrected chi connectivity index (χ0v) is 13.6. The largest absolute Gasteiger partial charge is 0.312 e. The van der Waals surface area contributed by atoms with Gasteiger partial charge in [-0.1, -0.05) is 38.1 Å². The Kier molecular flexibility index (Phi) is 4.55. The van der Waals surface area contributed by atoms with Crippen LogP contribution >= 0.6 is 0 Å². The van der Waals surface area contributed by atoms with Crippen LogP contribution < -0.4 is 5.32 Å². The van der Waals surface area contributed by atoms with Crippen molar-refractivity contribution in [2.24, 2.45) is 0 Å². The molecule has 0 radical (unpaired) electrons. The van der Waals surface area contributed by atoms with Crippen molar-refractivity contribution in [3.63, 3.8) is 0 Å². The van der Waals surface area contributed by atoms with Crippen LogP contribution in [0.5, 0.6) is 0 Å². The van der Waals surface area contributed by atoms with E-state index in [4.69, 9.17) is 0 Å². The molecule has 4 atom stereocenters. The summed E-state index contributed by atoms with van der Waals surface area (Å²) in [5.41, 5.74) is 2.42. The van der Waals surface area contributed by atoms with Gasteiger partial charge in [0.05, 0.1) is 10.5 Å². The fourth-order valence-corrected chi connectivity index (χ4v) is 5.53. The van der Waals surface area contributed by atoms with E-state index in [0.29, 0.717) is 18.8 Å². The fourth-order valence-electron chi connectivity index (χ4n) is 3.25. The summed E-state index contributed by atoms with van der Waals surface area (Å²) >= 11 is 0. The highest BCUT2D eigenvalue weighted by Gasteiger charge is 2.41. The zero-order chi connectivity index (χ0) is 14.9. The van der Waals surface area contributed by atoms with Gasteiger partial charge in [0, 0.05) is 6.04 Å². The average molecular weight is 295 g/mol. The van der Waals surface area contributed by atoms with Crippen LogP contribution in [0, 0.1) is 0 Å². The first-order valence-electron chi connectivity index (χ1n) is 7.42. The quantitative estimate of drug-likeness (QED) is 0.928. The van der Waals surface area contributed by atoms with Crippen LogP contribution in [0.15, 0.2) is 24.3 Å². The molecule has 1 aliphatic rings. The fraction of sp³-hybridized carbons (Fsp3) is 0.625. The van der Waals surface area contributed by atoms with Crippen molar-refractivity contribution < 1.29 is 8.42 Å². The second-order valence-corrected chi connectivity index (χ2v) is 8.47. The molecule has 1 aliphatic carbocycles. The zero-order valence-electron chi connectivity index (χ0n) is 12.8. The molecule has 4 unspecified atom stereocenters. The molecule has 0 saturated heterocycles. The van der Waals surface area contributed by atoms with Gasteiger partial charge < -0.3 is 5.32 Å². The number of benzene rings is 1. The summed E-state index contributed by atoms with van der Waals surface area (Å²) in [6.07, 6.45) is 1.38. The Labute approximate surface area is 122 Å². The molecule has 0 aromatic heterocycles. The molecule has 1 aromatic rings. The molecule has 0 amide bonds. The normalized spacial score (nSPS) is 27.9. The van der Waals surface area contributed by atoms with Gasteiger partial charge in [0.1, 0.15) is 0 Å². The molecule has 20 heavy (non-hydrogen) atoms. The molecule has 0 spiro atoms. The third-order valence-electron chi connectivity index (χ3n) is 4.69. The highest BCUT2D eigenvalue weighted by Crippen LogP contribution is 2.41. The van der Waals surface area contributed by atoms with Crippen molar-refractivity contribution in [3.8, 4) is 0 Å². The second-order valence-electron chi connectivity index (χ2n) is 5.88. The van der Waals surface area contributed by atoms with Crippen LogP contribution in [-0.2, 0) is 9.84 Å². The maximum atomic E-state index is 12.8. The predicted octanol–water partition coefficient (Wildman–Crippen LogP) is 3.04. The van der Waals surface area contributed by atoms with Crippen LogP contribution in [0.1, 0.15) is 56.7 Å². The monoisotopic (exact) mass is 295 g/mol. The van der Waals surface area contributed by atoms with Gasteiger partial charge >= 0.3 is 0 Å². The minimum atomic E-state index is -3.11. The molecule has 0 heterocycles. The first kappa shape index (κ1) is 15.5. The van der Waals surface area contributed by atoms with Gasteiger partial charge in [0.25, 0.3) is 0 Å². The van der Waals surface area contributed by atoms with E-state index in [1.807, 2.05) is 33.0 Å². The molecular weight excluding hydrogens is 270 g/mol. The molecular formula is C16H25NO2S. The van der Waals surface area contributed by atoms with E-state index < -0.39 is 9.84 Å². The molecule has 2 rings (SSSR count). The Morgan fingerprint density at radius 2 is 1.90 bits per heavy atom. The number of fused-ring (bicyclic) bond motifs is 1. The number of hydrogen-bond donors (Lipinski definition) is 1. The SMILES string of the molecule is CCC(C)S(=O)(=O)C1CC(C)c2ccccc2C1NC. The Morgan fingerprint density at radius 3 is 2.45 bits per heavy atom. The summed E-state index contributed by atoms with van der Waals surface area (Å²) in [5, 5.41) is 2.63. The topological polar surface area (TPSA) is 46.2 Å². The Balaban J connectivity index is 2.48. The summed E-state index contributed by atoms with van der Waals surface area (Å²) in [6, 6.07) is 8.11. The molecule has 0 aliphatic heterocycles. The third kappa shape index (κ3) is 2.51. The molecule has 3 nitrogen and oxygen atoms in total. The van der Waals surface area contributed by atoms with Gasteiger partial charge in [0.15, 0.2) is 9.84 Å². The van der Waals surface area contributed by atoms with Crippen molar-refractivity contribution in [1.82, 2.24) is 5.32 Å². The molecule has 4 heteroatoms. The van der Waals surface area contributed by atoms with Crippen molar-refractivity contribution in [1.29, 1.82) is 0 Å². The smallest absolute Gasteiger partial charge is 0.157 e. The lowest BCUT2D eigenvalue weighted by molar-refractivity contribution is 0.442. The van der Waals surface area contributed by atoms with Gasteiger partial charge in [-0.05, 0) is 43.9 Å². The molecule has 1 aromatic carbocycles. The predicted molar refractivity (Wildman–Crippen MR) is 83.7 cm³/mol. The summed E-state index contributed by atoms with van der Waals surface area (Å²) in [7, 11) is -1.25. The number of rotatable bonds is 4. The van der Waals surface area contributed by atoms with Gasteiger partial charge in [-0.15, -0.1) is 0 Å². The van der Waals surface area contributed by atoms with Crippen molar-refractivity contribution in [3.05, 3.63) is 35.4 Å². The first-order valence-corrected chi connectivity index (χ1v) is 9.03. The number of sulfone groups is 1. The minimum absolute atomic E-state index is 0.0959. The lowest BCUT2D eigenvalue weighted by Crippen LogP contribution is -2.43. The van der Waals surface area contributed by atoms with Crippen molar-refractivity contribution in [2.75, 3.05) is 7.05 Å². The standard InChI is InChI=1S/C16H25NO2S/c1-5-12(3)20(18,19)15-10-11(2)13-8-6-7-9-14(13)16(15)17-4/h6-9,11-12,15-17H,5,10H2,1-4H3. The Hall–Kier alpha value is -0.870. The highest BCUT2D eigenvalue weighted by atomic mass is 32.2. The summed E-state index contributed by atoms with van der Waals surface area (Å²) in [5.74, 6) is 0.291. The van der Waals surface area contributed by atoms with Crippen molar-refractivity contribution >= 4 is 9.84 Å². The molecule has 1 N–H and O–H groups in total. The lowest BCUT2D eigenvalue weighted by atomic mass is 9.81. The maximum absolute atomic E-state index is 12.8. The molecule has 0 saturated carbocycles. The average Bonchev–Trinajstić information content (AvgIpc) is 2.46. The lowest BCUT2D eigenvalue weighted by Gasteiger charge is -2.37. The molecule has 112 valence electrons. The van der Waals surface area contributed by atoms with Crippen LogP contribution in [0.2, 0.25) is 0 Å². The molecule has 0 bridgehead atoms. The van der Waals surface area contributed by atoms with Crippen LogP contribution in [0.4, 0.5) is 0 Å². The van der Waals surface area contributed by atoms with E-state index in [-0.39, 0.29) is 16.5 Å². The third-order valence-corrected chi connectivity index (χ3v) is 7.45. The van der Waals surface area contributed by atoms with Crippen LogP contribution in [0.3, 0.4) is 0 Å². The summed E-state index contributed by atoms with van der Waals surface area (Å²) in [4.78, 5) is 0. The van der Waals surface area contributed by atoms with Gasteiger partial charge in [-0.2, -0.15) is 0 Å². The number of nitrogens with one attached hydrogen (secondary N) is 1. The minimum Gasteiger partial charge on any atom is -0.312 e. The van der Waals surface area contributed by atoms with Gasteiger partial charge in [-0.25, -0.2) is 8.42 Å². The molecule has 0 fully saturated rings. The maximum Gasteiger partial charge on any atom is 0.157 e. The Morgan fingerprint density at radius 1 is 1.30 bits per heavy atom. The Bertz CT molecular complexity index is 568. The van der Waals surface area contributed by atoms with E-state index in [1.165, 1.54) is 5.56 Å². The van der Waals surface area contributed by atoms with E-state index in [1.54, 1.807) is 0 Å². The first-order chi connectivity index (χ1) is 9.43. The van der Waals surface area contributed by atoms with Gasteiger partial charge in [-0.3, -0.25) is 0 Å².